The van der Waals surface area contributed by atoms with Crippen LogP contribution in [0.4, 0.5) is 0 Å². The maximum Gasteiger partial charge on any atom is 0.0634 e. The third kappa shape index (κ3) is 8.97. The van der Waals surface area contributed by atoms with Crippen molar-refractivity contribution in [3.63, 3.8) is 0 Å². The smallest absolute Gasteiger partial charge is 0.0634 e. The van der Waals surface area contributed by atoms with Crippen LogP contribution in [-0.4, -0.2) is 31.1 Å². The molecular formula is C11H24BrNO. The molecule has 0 saturated heterocycles. The number of ether oxygens (including phenoxy) is 1. The summed E-state index contributed by atoms with van der Waals surface area (Å²) in [7, 11) is 1.77. The molecule has 14 heavy (non-hydrogen) atoms. The number of methoxy groups -OCH3 is 1. The topological polar surface area (TPSA) is 21.3 Å². The lowest BCUT2D eigenvalue weighted by Crippen LogP contribution is -2.29. The lowest BCUT2D eigenvalue weighted by molar-refractivity contribution is 0.0159. The summed E-state index contributed by atoms with van der Waals surface area (Å²) in [6.07, 6.45) is 4.94. The van der Waals surface area contributed by atoms with E-state index < -0.39 is 0 Å². The van der Waals surface area contributed by atoms with Crippen LogP contribution in [0.3, 0.4) is 0 Å². The van der Waals surface area contributed by atoms with Gasteiger partial charge in [-0.2, -0.15) is 0 Å². The largest absolute Gasteiger partial charge is 0.379 e. The van der Waals surface area contributed by atoms with Crippen molar-refractivity contribution < 1.29 is 4.74 Å². The van der Waals surface area contributed by atoms with Crippen molar-refractivity contribution in [1.29, 1.82) is 0 Å². The molecule has 0 aliphatic carbocycles. The van der Waals surface area contributed by atoms with Crippen molar-refractivity contribution in [1.82, 2.24) is 5.32 Å². The molecule has 0 unspecified atom stereocenters. The van der Waals surface area contributed by atoms with Crippen LogP contribution in [0, 0.1) is 0 Å². The molecule has 0 heterocycles. The number of rotatable bonds is 9. The van der Waals surface area contributed by atoms with E-state index in [1.807, 2.05) is 0 Å². The van der Waals surface area contributed by atoms with Crippen molar-refractivity contribution >= 4 is 15.9 Å². The van der Waals surface area contributed by atoms with Gasteiger partial charge < -0.3 is 10.1 Å². The summed E-state index contributed by atoms with van der Waals surface area (Å²) in [5, 5.41) is 4.57. The molecule has 86 valence electrons. The molecule has 0 amide bonds. The van der Waals surface area contributed by atoms with Gasteiger partial charge in [-0.25, -0.2) is 0 Å². The van der Waals surface area contributed by atoms with Crippen LogP contribution in [0.1, 0.15) is 39.5 Å². The minimum atomic E-state index is 0.0167. The highest BCUT2D eigenvalue weighted by Gasteiger charge is 2.14. The van der Waals surface area contributed by atoms with Crippen LogP contribution in [0.25, 0.3) is 0 Å². The van der Waals surface area contributed by atoms with Crippen molar-refractivity contribution in [3.05, 3.63) is 0 Å². The molecule has 3 heteroatoms. The first-order valence-corrected chi connectivity index (χ1v) is 6.56. The van der Waals surface area contributed by atoms with E-state index in [0.717, 1.165) is 24.8 Å². The summed E-state index contributed by atoms with van der Waals surface area (Å²) in [6.45, 7) is 6.43. The average molecular weight is 266 g/mol. The molecule has 2 nitrogen and oxygen atoms in total. The maximum atomic E-state index is 5.34. The van der Waals surface area contributed by atoms with E-state index in [0.29, 0.717) is 0 Å². The second kappa shape index (κ2) is 8.69. The summed E-state index contributed by atoms with van der Waals surface area (Å²) in [5.41, 5.74) is 0.0167. The molecule has 0 aliphatic heterocycles. The van der Waals surface area contributed by atoms with Gasteiger partial charge in [-0.05, 0) is 46.2 Å². The molecule has 0 atom stereocenters. The molecular weight excluding hydrogens is 242 g/mol. The Morgan fingerprint density at radius 3 is 2.43 bits per heavy atom. The van der Waals surface area contributed by atoms with E-state index >= 15 is 0 Å². The zero-order chi connectivity index (χ0) is 10.9. The van der Waals surface area contributed by atoms with E-state index in [2.05, 4.69) is 35.1 Å². The molecule has 0 saturated carbocycles. The second-order valence-electron chi connectivity index (χ2n) is 4.21. The van der Waals surface area contributed by atoms with E-state index in [1.165, 1.54) is 19.3 Å². The Labute approximate surface area is 96.9 Å². The first-order chi connectivity index (χ1) is 6.62. The molecule has 0 bridgehead atoms. The highest BCUT2D eigenvalue weighted by atomic mass is 79.9. The van der Waals surface area contributed by atoms with Gasteiger partial charge in [0.15, 0.2) is 0 Å². The van der Waals surface area contributed by atoms with Gasteiger partial charge in [-0.1, -0.05) is 22.4 Å². The summed E-state index contributed by atoms with van der Waals surface area (Å²) < 4.78 is 5.34. The van der Waals surface area contributed by atoms with Crippen LogP contribution < -0.4 is 5.32 Å². The van der Waals surface area contributed by atoms with Crippen molar-refractivity contribution in [2.75, 3.05) is 25.5 Å². The molecule has 0 radical (unpaired) electrons. The van der Waals surface area contributed by atoms with Crippen molar-refractivity contribution in [3.8, 4) is 0 Å². The Morgan fingerprint density at radius 1 is 1.14 bits per heavy atom. The number of alkyl halides is 1. The van der Waals surface area contributed by atoms with Crippen molar-refractivity contribution in [2.24, 2.45) is 0 Å². The molecule has 0 aromatic rings. The fourth-order valence-corrected chi connectivity index (χ4v) is 1.53. The third-order valence-corrected chi connectivity index (χ3v) is 3.00. The Hall–Kier alpha value is 0.400. The van der Waals surface area contributed by atoms with E-state index in [1.54, 1.807) is 7.11 Å². The van der Waals surface area contributed by atoms with Gasteiger partial charge in [-0.3, -0.25) is 0 Å². The summed E-state index contributed by atoms with van der Waals surface area (Å²) in [6, 6.07) is 0. The van der Waals surface area contributed by atoms with Crippen LogP contribution in [0.5, 0.6) is 0 Å². The lowest BCUT2D eigenvalue weighted by Gasteiger charge is -2.22. The third-order valence-electron chi connectivity index (χ3n) is 2.44. The highest BCUT2D eigenvalue weighted by molar-refractivity contribution is 9.09. The molecule has 1 N–H and O–H groups in total. The zero-order valence-electron chi connectivity index (χ0n) is 9.74. The maximum absolute atomic E-state index is 5.34. The van der Waals surface area contributed by atoms with Gasteiger partial charge in [0.05, 0.1) is 5.60 Å². The Bertz CT molecular complexity index is 128. The summed E-state index contributed by atoms with van der Waals surface area (Å²) >= 11 is 3.43. The summed E-state index contributed by atoms with van der Waals surface area (Å²) in [5.74, 6) is 0. The first kappa shape index (κ1) is 14.4. The Balaban J connectivity index is 3.13. The monoisotopic (exact) mass is 265 g/mol. The number of nitrogens with one attached hydrogen (secondary N) is 1. The first-order valence-electron chi connectivity index (χ1n) is 5.44. The molecule has 0 aromatic heterocycles. The van der Waals surface area contributed by atoms with E-state index in [-0.39, 0.29) is 5.60 Å². The molecule has 0 spiro atoms. The van der Waals surface area contributed by atoms with Gasteiger partial charge >= 0.3 is 0 Å². The fourth-order valence-electron chi connectivity index (χ4n) is 1.14. The average Bonchev–Trinajstić information content (AvgIpc) is 2.16. The van der Waals surface area contributed by atoms with Gasteiger partial charge in [0, 0.05) is 12.4 Å². The number of hydrogen-bond donors (Lipinski definition) is 1. The van der Waals surface area contributed by atoms with Gasteiger partial charge in [0.25, 0.3) is 0 Å². The summed E-state index contributed by atoms with van der Waals surface area (Å²) in [4.78, 5) is 0. The van der Waals surface area contributed by atoms with Crippen LogP contribution in [0.2, 0.25) is 0 Å². The number of unbranched alkanes of at least 4 members (excludes halogenated alkanes) is 2. The van der Waals surface area contributed by atoms with Gasteiger partial charge in [0.1, 0.15) is 0 Å². The van der Waals surface area contributed by atoms with Crippen molar-refractivity contribution in [2.45, 2.75) is 45.1 Å². The molecule has 0 fully saturated rings. The predicted octanol–water partition coefficient (Wildman–Crippen LogP) is 2.96. The lowest BCUT2D eigenvalue weighted by atomic mass is 10.1. The standard InChI is InChI=1S/C11H24BrNO/c1-11(2,14-3)7-10-13-9-6-4-5-8-12/h13H,4-10H2,1-3H3. The van der Waals surface area contributed by atoms with Crippen LogP contribution >= 0.6 is 15.9 Å². The normalized spacial score (nSPS) is 12.0. The zero-order valence-corrected chi connectivity index (χ0v) is 11.3. The fraction of sp³-hybridized carbons (Fsp3) is 1.00. The predicted molar refractivity (Wildman–Crippen MR) is 66.2 cm³/mol. The van der Waals surface area contributed by atoms with Crippen LogP contribution in [0.15, 0.2) is 0 Å². The van der Waals surface area contributed by atoms with Gasteiger partial charge in [0.2, 0.25) is 0 Å². The quantitative estimate of drug-likeness (QED) is 0.511. The minimum absolute atomic E-state index is 0.0167. The number of halogens is 1. The Kier molecular flexibility index (Phi) is 8.94. The number of hydrogen-bond acceptors (Lipinski definition) is 2. The highest BCUT2D eigenvalue weighted by Crippen LogP contribution is 2.11. The minimum Gasteiger partial charge on any atom is -0.379 e. The molecule has 0 rings (SSSR count). The Morgan fingerprint density at radius 2 is 1.86 bits per heavy atom. The molecule has 0 aromatic carbocycles. The molecule has 0 aliphatic rings. The van der Waals surface area contributed by atoms with E-state index in [4.69, 9.17) is 4.74 Å². The SMILES string of the molecule is COC(C)(C)CCNCCCCCBr. The van der Waals surface area contributed by atoms with Gasteiger partial charge in [-0.15, -0.1) is 0 Å². The van der Waals surface area contributed by atoms with Crippen LogP contribution in [-0.2, 0) is 4.74 Å². The van der Waals surface area contributed by atoms with E-state index in [9.17, 15) is 0 Å². The second-order valence-corrected chi connectivity index (χ2v) is 5.01.